The van der Waals surface area contributed by atoms with E-state index in [4.69, 9.17) is 11.6 Å². The van der Waals surface area contributed by atoms with E-state index in [0.717, 1.165) is 12.1 Å². The highest BCUT2D eigenvalue weighted by Gasteiger charge is 2.30. The largest absolute Gasteiger partial charge is 0.314 e. The number of rotatable bonds is 4. The van der Waals surface area contributed by atoms with Gasteiger partial charge in [-0.3, -0.25) is 4.90 Å². The SMILES string of the molecule is Fc1ccc(F)c([C@H](CC(F)F)N2CCNCC2)c1Cl. The first-order valence-electron chi connectivity index (χ1n) is 6.37. The van der Waals surface area contributed by atoms with Gasteiger partial charge in [0.1, 0.15) is 11.6 Å². The Morgan fingerprint density at radius 1 is 1.15 bits per heavy atom. The van der Waals surface area contributed by atoms with Crippen LogP contribution in [0.4, 0.5) is 17.6 Å². The van der Waals surface area contributed by atoms with Crippen LogP contribution in [0, 0.1) is 11.6 Å². The van der Waals surface area contributed by atoms with Crippen molar-refractivity contribution in [2.75, 3.05) is 26.2 Å². The molecule has 20 heavy (non-hydrogen) atoms. The van der Waals surface area contributed by atoms with Gasteiger partial charge in [0.05, 0.1) is 5.02 Å². The Hall–Kier alpha value is -0.850. The minimum Gasteiger partial charge on any atom is -0.314 e. The smallest absolute Gasteiger partial charge is 0.240 e. The minimum absolute atomic E-state index is 0.172. The molecule has 0 amide bonds. The second-order valence-electron chi connectivity index (χ2n) is 4.69. The van der Waals surface area contributed by atoms with Gasteiger partial charge in [0.2, 0.25) is 6.43 Å². The summed E-state index contributed by atoms with van der Waals surface area (Å²) in [4.78, 5) is 1.71. The molecule has 0 unspecified atom stereocenters. The van der Waals surface area contributed by atoms with Crippen LogP contribution in [-0.2, 0) is 0 Å². The zero-order valence-electron chi connectivity index (χ0n) is 10.7. The van der Waals surface area contributed by atoms with Crippen LogP contribution in [0.25, 0.3) is 0 Å². The summed E-state index contributed by atoms with van der Waals surface area (Å²) in [6, 6.07) is 0.913. The summed E-state index contributed by atoms with van der Waals surface area (Å²) < 4.78 is 53.0. The van der Waals surface area contributed by atoms with Crippen molar-refractivity contribution < 1.29 is 17.6 Å². The molecule has 0 bridgehead atoms. The first kappa shape index (κ1) is 15.5. The fourth-order valence-electron chi connectivity index (χ4n) is 2.46. The lowest BCUT2D eigenvalue weighted by molar-refractivity contribution is 0.0724. The quantitative estimate of drug-likeness (QED) is 0.678. The molecule has 1 aromatic carbocycles. The zero-order chi connectivity index (χ0) is 14.7. The third-order valence-electron chi connectivity index (χ3n) is 3.41. The van der Waals surface area contributed by atoms with Crippen LogP contribution in [0.15, 0.2) is 12.1 Å². The molecule has 1 aromatic rings. The number of benzene rings is 1. The highest BCUT2D eigenvalue weighted by atomic mass is 35.5. The Labute approximate surface area is 119 Å². The number of alkyl halides is 2. The predicted octanol–water partition coefficient (Wildman–Crippen LogP) is 3.22. The Balaban J connectivity index is 2.37. The van der Waals surface area contributed by atoms with Crippen molar-refractivity contribution in [1.29, 1.82) is 0 Å². The number of piperazine rings is 1. The van der Waals surface area contributed by atoms with E-state index >= 15 is 0 Å². The van der Waals surface area contributed by atoms with Crippen molar-refractivity contribution in [3.05, 3.63) is 34.4 Å². The zero-order valence-corrected chi connectivity index (χ0v) is 11.4. The third-order valence-corrected chi connectivity index (χ3v) is 3.79. The van der Waals surface area contributed by atoms with E-state index in [2.05, 4.69) is 5.32 Å². The van der Waals surface area contributed by atoms with Crippen LogP contribution < -0.4 is 5.32 Å². The molecule has 2 nitrogen and oxygen atoms in total. The number of nitrogens with zero attached hydrogens (tertiary/aromatic N) is 1. The van der Waals surface area contributed by atoms with Crippen LogP contribution in [0.5, 0.6) is 0 Å². The molecule has 0 spiro atoms. The molecule has 0 aliphatic carbocycles. The number of halogens is 5. The third kappa shape index (κ3) is 3.42. The van der Waals surface area contributed by atoms with E-state index < -0.39 is 35.5 Å². The summed E-state index contributed by atoms with van der Waals surface area (Å²) in [5, 5.41) is 2.68. The molecule has 1 atom stereocenters. The van der Waals surface area contributed by atoms with Gasteiger partial charge in [-0.1, -0.05) is 11.6 Å². The molecule has 0 saturated carbocycles. The molecule has 1 aliphatic rings. The topological polar surface area (TPSA) is 15.3 Å². The van der Waals surface area contributed by atoms with E-state index in [1.807, 2.05) is 0 Å². The Bertz CT molecular complexity index is 464. The second-order valence-corrected chi connectivity index (χ2v) is 5.06. The summed E-state index contributed by atoms with van der Waals surface area (Å²) in [5.74, 6) is -1.54. The molecule has 0 aromatic heterocycles. The molecule has 1 N–H and O–H groups in total. The van der Waals surface area contributed by atoms with E-state index in [0.29, 0.717) is 26.2 Å². The van der Waals surface area contributed by atoms with Gasteiger partial charge in [-0.2, -0.15) is 0 Å². The van der Waals surface area contributed by atoms with E-state index in [9.17, 15) is 17.6 Å². The molecular formula is C13H15ClF4N2. The molecule has 1 aliphatic heterocycles. The second kappa shape index (κ2) is 6.74. The van der Waals surface area contributed by atoms with Crippen LogP contribution in [-0.4, -0.2) is 37.5 Å². The molecule has 0 radical (unpaired) electrons. The Kier molecular flexibility index (Phi) is 5.23. The van der Waals surface area contributed by atoms with E-state index in [1.54, 1.807) is 4.90 Å². The van der Waals surface area contributed by atoms with Gasteiger partial charge in [0.25, 0.3) is 0 Å². The molecule has 7 heteroatoms. The van der Waals surface area contributed by atoms with Gasteiger partial charge in [-0.05, 0) is 12.1 Å². The van der Waals surface area contributed by atoms with Crippen LogP contribution in [0.2, 0.25) is 5.02 Å². The van der Waals surface area contributed by atoms with Gasteiger partial charge < -0.3 is 5.32 Å². The Morgan fingerprint density at radius 2 is 1.75 bits per heavy atom. The molecule has 1 saturated heterocycles. The van der Waals surface area contributed by atoms with E-state index in [-0.39, 0.29) is 5.56 Å². The van der Waals surface area contributed by atoms with Crippen LogP contribution in [0.1, 0.15) is 18.0 Å². The normalized spacial score (nSPS) is 18.5. The van der Waals surface area contributed by atoms with Gasteiger partial charge in [0.15, 0.2) is 0 Å². The van der Waals surface area contributed by atoms with Crippen molar-refractivity contribution in [3.8, 4) is 0 Å². The highest BCUT2D eigenvalue weighted by molar-refractivity contribution is 6.31. The minimum atomic E-state index is -2.62. The Morgan fingerprint density at radius 3 is 2.35 bits per heavy atom. The maximum Gasteiger partial charge on any atom is 0.240 e. The summed E-state index contributed by atoms with van der Waals surface area (Å²) in [6.45, 7) is 2.22. The lowest BCUT2D eigenvalue weighted by Crippen LogP contribution is -2.45. The predicted molar refractivity (Wildman–Crippen MR) is 69.2 cm³/mol. The number of nitrogens with one attached hydrogen (secondary N) is 1. The standard InChI is InChI=1S/C13H15ClF4N2/c14-13-9(16)2-1-8(15)12(13)10(7-11(17)18)20-5-3-19-4-6-20/h1-2,10-11,19H,3-7H2/t10-/m0/s1. The first-order valence-corrected chi connectivity index (χ1v) is 6.74. The maximum absolute atomic E-state index is 13.9. The summed E-state index contributed by atoms with van der Waals surface area (Å²) in [6.07, 6.45) is -3.19. The van der Waals surface area contributed by atoms with Crippen molar-refractivity contribution in [1.82, 2.24) is 10.2 Å². The highest BCUT2D eigenvalue weighted by Crippen LogP contribution is 2.35. The van der Waals surface area contributed by atoms with E-state index in [1.165, 1.54) is 0 Å². The van der Waals surface area contributed by atoms with Crippen molar-refractivity contribution in [3.63, 3.8) is 0 Å². The van der Waals surface area contributed by atoms with Crippen LogP contribution >= 0.6 is 11.6 Å². The van der Waals surface area contributed by atoms with Crippen molar-refractivity contribution >= 4 is 11.6 Å². The van der Waals surface area contributed by atoms with Crippen molar-refractivity contribution in [2.45, 2.75) is 18.9 Å². The average molecular weight is 311 g/mol. The fourth-order valence-corrected chi connectivity index (χ4v) is 2.74. The number of hydrogen-bond acceptors (Lipinski definition) is 2. The lowest BCUT2D eigenvalue weighted by Gasteiger charge is -2.35. The summed E-state index contributed by atoms with van der Waals surface area (Å²) in [7, 11) is 0. The monoisotopic (exact) mass is 310 g/mol. The molecular weight excluding hydrogens is 296 g/mol. The van der Waals surface area contributed by atoms with Gasteiger partial charge in [-0.25, -0.2) is 17.6 Å². The average Bonchev–Trinajstić information content (AvgIpc) is 2.43. The summed E-state index contributed by atoms with van der Waals surface area (Å²) >= 11 is 5.79. The maximum atomic E-state index is 13.9. The fraction of sp³-hybridized carbons (Fsp3) is 0.538. The van der Waals surface area contributed by atoms with Crippen LogP contribution in [0.3, 0.4) is 0 Å². The summed E-state index contributed by atoms with van der Waals surface area (Å²) in [5.41, 5.74) is -0.172. The molecule has 2 rings (SSSR count). The van der Waals surface area contributed by atoms with Gasteiger partial charge in [-0.15, -0.1) is 0 Å². The van der Waals surface area contributed by atoms with Gasteiger partial charge in [0, 0.05) is 44.2 Å². The van der Waals surface area contributed by atoms with Crippen molar-refractivity contribution in [2.24, 2.45) is 0 Å². The molecule has 1 heterocycles. The first-order chi connectivity index (χ1) is 9.50. The van der Waals surface area contributed by atoms with Gasteiger partial charge >= 0.3 is 0 Å². The lowest BCUT2D eigenvalue weighted by atomic mass is 10.00. The number of hydrogen-bond donors (Lipinski definition) is 1. The molecule has 112 valence electrons. The molecule has 1 fully saturated rings.